The number of hydrogen-bond donors (Lipinski definition) is 0. The van der Waals surface area contributed by atoms with Gasteiger partial charge in [-0.15, -0.1) is 11.3 Å². The van der Waals surface area contributed by atoms with Crippen LogP contribution in [0.25, 0.3) is 0 Å². The number of thiophene rings is 1. The normalized spacial score (nSPS) is 12.4. The highest BCUT2D eigenvalue weighted by Gasteiger charge is 2.20. The van der Waals surface area contributed by atoms with E-state index < -0.39 is 0 Å². The first-order valence-corrected chi connectivity index (χ1v) is 6.53. The third kappa shape index (κ3) is 2.13. The van der Waals surface area contributed by atoms with Crippen molar-refractivity contribution in [1.82, 2.24) is 0 Å². The predicted octanol–water partition coefficient (Wildman–Crippen LogP) is 4.38. The summed E-state index contributed by atoms with van der Waals surface area (Å²) in [6, 6.07) is 8.77. The predicted molar refractivity (Wildman–Crippen MR) is 68.0 cm³/mol. The van der Waals surface area contributed by atoms with E-state index in [1.807, 2.05) is 17.5 Å². The van der Waals surface area contributed by atoms with E-state index in [0.29, 0.717) is 11.3 Å². The highest BCUT2D eigenvalue weighted by molar-refractivity contribution is 9.09. The molecule has 1 heterocycles. The molecule has 1 aromatic carbocycles. The van der Waals surface area contributed by atoms with Crippen LogP contribution < -0.4 is 4.74 Å². The van der Waals surface area contributed by atoms with Gasteiger partial charge < -0.3 is 4.74 Å². The van der Waals surface area contributed by atoms with Gasteiger partial charge in [0.15, 0.2) is 0 Å². The van der Waals surface area contributed by atoms with Gasteiger partial charge in [-0.25, -0.2) is 4.39 Å². The first-order chi connectivity index (χ1) is 7.74. The van der Waals surface area contributed by atoms with E-state index in [1.54, 1.807) is 30.6 Å². The van der Waals surface area contributed by atoms with Crippen molar-refractivity contribution >= 4 is 27.3 Å². The quantitative estimate of drug-likeness (QED) is 0.764. The zero-order valence-electron chi connectivity index (χ0n) is 8.61. The van der Waals surface area contributed by atoms with Crippen molar-refractivity contribution in [2.75, 3.05) is 7.11 Å². The Morgan fingerprint density at radius 2 is 2.12 bits per heavy atom. The van der Waals surface area contributed by atoms with Crippen LogP contribution in [0, 0.1) is 5.82 Å². The molecule has 16 heavy (non-hydrogen) atoms. The number of benzene rings is 1. The molecular formula is C12H10BrFOS. The largest absolute Gasteiger partial charge is 0.496 e. The Kier molecular flexibility index (Phi) is 3.61. The van der Waals surface area contributed by atoms with Crippen LogP contribution in [0.15, 0.2) is 35.7 Å². The number of alkyl halides is 1. The maximum atomic E-state index is 13.8. The smallest absolute Gasteiger partial charge is 0.131 e. The number of rotatable bonds is 3. The maximum Gasteiger partial charge on any atom is 0.131 e. The minimum Gasteiger partial charge on any atom is -0.496 e. The lowest BCUT2D eigenvalue weighted by atomic mass is 10.1. The van der Waals surface area contributed by atoms with Gasteiger partial charge in [-0.05, 0) is 23.6 Å². The lowest BCUT2D eigenvalue weighted by Crippen LogP contribution is -1.98. The maximum absolute atomic E-state index is 13.8. The average Bonchev–Trinajstić information content (AvgIpc) is 2.81. The van der Waals surface area contributed by atoms with E-state index >= 15 is 0 Å². The molecule has 1 atom stereocenters. The summed E-state index contributed by atoms with van der Waals surface area (Å²) in [6.07, 6.45) is 0. The second kappa shape index (κ2) is 4.97. The summed E-state index contributed by atoms with van der Waals surface area (Å²) < 4.78 is 19.0. The molecule has 0 aliphatic heterocycles. The summed E-state index contributed by atoms with van der Waals surface area (Å²) in [6.45, 7) is 0. The van der Waals surface area contributed by atoms with E-state index in [4.69, 9.17) is 4.74 Å². The van der Waals surface area contributed by atoms with Crippen molar-refractivity contribution in [1.29, 1.82) is 0 Å². The zero-order valence-corrected chi connectivity index (χ0v) is 11.0. The molecule has 0 amide bonds. The molecule has 0 bridgehead atoms. The molecule has 1 nitrogen and oxygen atoms in total. The molecule has 2 rings (SSSR count). The Balaban J connectivity index is 2.47. The second-order valence-corrected chi connectivity index (χ2v) is 5.13. The summed E-state index contributed by atoms with van der Waals surface area (Å²) in [5, 5.41) is 1.97. The third-order valence-electron chi connectivity index (χ3n) is 2.28. The number of ether oxygens (including phenoxy) is 1. The van der Waals surface area contributed by atoms with E-state index in [0.717, 1.165) is 4.88 Å². The first-order valence-electron chi connectivity index (χ1n) is 4.74. The molecular weight excluding hydrogens is 291 g/mol. The molecule has 1 unspecified atom stereocenters. The van der Waals surface area contributed by atoms with Crippen LogP contribution in [0.2, 0.25) is 0 Å². The molecule has 0 fully saturated rings. The van der Waals surface area contributed by atoms with Crippen molar-refractivity contribution in [3.63, 3.8) is 0 Å². The minimum atomic E-state index is -0.255. The third-order valence-corrected chi connectivity index (χ3v) is 4.47. The van der Waals surface area contributed by atoms with Crippen LogP contribution >= 0.6 is 27.3 Å². The highest BCUT2D eigenvalue weighted by atomic mass is 79.9. The van der Waals surface area contributed by atoms with E-state index in [-0.39, 0.29) is 10.6 Å². The second-order valence-electron chi connectivity index (χ2n) is 3.23. The van der Waals surface area contributed by atoms with Crippen LogP contribution in [0.4, 0.5) is 4.39 Å². The molecule has 0 radical (unpaired) electrons. The van der Waals surface area contributed by atoms with Crippen molar-refractivity contribution in [2.24, 2.45) is 0 Å². The topological polar surface area (TPSA) is 9.23 Å². The summed E-state index contributed by atoms with van der Waals surface area (Å²) in [5.74, 6) is 0.310. The van der Waals surface area contributed by atoms with Gasteiger partial charge in [-0.3, -0.25) is 0 Å². The Hall–Kier alpha value is -0.870. The van der Waals surface area contributed by atoms with E-state index in [9.17, 15) is 4.39 Å². The monoisotopic (exact) mass is 300 g/mol. The molecule has 4 heteroatoms. The van der Waals surface area contributed by atoms with Crippen LogP contribution in [-0.2, 0) is 0 Å². The molecule has 0 spiro atoms. The van der Waals surface area contributed by atoms with Gasteiger partial charge in [0.25, 0.3) is 0 Å². The molecule has 84 valence electrons. The fraction of sp³-hybridized carbons (Fsp3) is 0.167. The fourth-order valence-electron chi connectivity index (χ4n) is 1.52. The highest BCUT2D eigenvalue weighted by Crippen LogP contribution is 2.39. The Morgan fingerprint density at radius 3 is 2.75 bits per heavy atom. The Morgan fingerprint density at radius 1 is 1.31 bits per heavy atom. The Bertz CT molecular complexity index is 470. The standard InChI is InChI=1S/C12H10BrFOS/c1-15-9-5-2-4-8(14)11(9)12(13)10-6-3-7-16-10/h2-7,12H,1H3. The van der Waals surface area contributed by atoms with E-state index in [2.05, 4.69) is 15.9 Å². The lowest BCUT2D eigenvalue weighted by molar-refractivity contribution is 0.405. The van der Waals surface area contributed by atoms with Crippen LogP contribution in [0.1, 0.15) is 15.3 Å². The van der Waals surface area contributed by atoms with Gasteiger partial charge >= 0.3 is 0 Å². The van der Waals surface area contributed by atoms with Crippen molar-refractivity contribution < 1.29 is 9.13 Å². The van der Waals surface area contributed by atoms with Gasteiger partial charge in [0.2, 0.25) is 0 Å². The molecule has 0 saturated heterocycles. The van der Waals surface area contributed by atoms with Gasteiger partial charge in [-0.1, -0.05) is 28.1 Å². The van der Waals surface area contributed by atoms with Crippen LogP contribution in [-0.4, -0.2) is 7.11 Å². The van der Waals surface area contributed by atoms with Gasteiger partial charge in [-0.2, -0.15) is 0 Å². The van der Waals surface area contributed by atoms with Gasteiger partial charge in [0, 0.05) is 10.4 Å². The number of methoxy groups -OCH3 is 1. The van der Waals surface area contributed by atoms with E-state index in [1.165, 1.54) is 6.07 Å². The molecule has 0 aliphatic carbocycles. The summed E-state index contributed by atoms with van der Waals surface area (Å²) >= 11 is 5.09. The average molecular weight is 301 g/mol. The van der Waals surface area contributed by atoms with Crippen molar-refractivity contribution in [2.45, 2.75) is 4.83 Å². The molecule has 1 aromatic heterocycles. The number of halogens is 2. The number of hydrogen-bond acceptors (Lipinski definition) is 2. The molecule has 0 N–H and O–H groups in total. The molecule has 2 aromatic rings. The van der Waals surface area contributed by atoms with Crippen molar-refractivity contribution in [3.05, 3.63) is 52.0 Å². The van der Waals surface area contributed by atoms with Crippen molar-refractivity contribution in [3.8, 4) is 5.75 Å². The minimum absolute atomic E-state index is 0.163. The zero-order chi connectivity index (χ0) is 11.5. The molecule has 0 aliphatic rings. The van der Waals surface area contributed by atoms with Crippen LogP contribution in [0.5, 0.6) is 5.75 Å². The Labute approximate surface area is 106 Å². The van der Waals surface area contributed by atoms with Gasteiger partial charge in [0.05, 0.1) is 11.9 Å². The van der Waals surface area contributed by atoms with Crippen LogP contribution in [0.3, 0.4) is 0 Å². The molecule has 0 saturated carbocycles. The van der Waals surface area contributed by atoms with Gasteiger partial charge in [0.1, 0.15) is 11.6 Å². The summed E-state index contributed by atoms with van der Waals surface area (Å²) in [7, 11) is 1.55. The fourth-order valence-corrected chi connectivity index (χ4v) is 3.15. The summed E-state index contributed by atoms with van der Waals surface area (Å²) in [4.78, 5) is 0.895. The summed E-state index contributed by atoms with van der Waals surface area (Å²) in [5.41, 5.74) is 0.549. The lowest BCUT2D eigenvalue weighted by Gasteiger charge is -2.13. The first kappa shape index (κ1) is 11.6. The SMILES string of the molecule is COc1cccc(F)c1C(Br)c1cccs1.